The fraction of sp³-hybridized carbons (Fsp3) is 0.0714. The van der Waals surface area contributed by atoms with E-state index in [1.54, 1.807) is 12.1 Å². The maximum absolute atomic E-state index is 12.2. The molecule has 22 heavy (non-hydrogen) atoms. The average molecular weight is 300 g/mol. The Hall–Kier alpha value is -3.29. The molecule has 0 saturated carbocycles. The molecule has 2 aromatic rings. The second-order valence-electron chi connectivity index (χ2n) is 4.36. The molecule has 0 atom stereocenters. The quantitative estimate of drug-likeness (QED) is 0.663. The third-order valence-corrected chi connectivity index (χ3v) is 2.71. The number of hydrogen-bond donors (Lipinski definition) is 2. The number of amides is 2. The number of rotatable bonds is 4. The van der Waals surface area contributed by atoms with Crippen molar-refractivity contribution in [1.82, 2.24) is 4.98 Å². The molecule has 0 radical (unpaired) electrons. The maximum atomic E-state index is 12.2. The van der Waals surface area contributed by atoms with Gasteiger partial charge in [0, 0.05) is 37.1 Å². The summed E-state index contributed by atoms with van der Waals surface area (Å²) in [5, 5.41) is 15.8. The second kappa shape index (κ2) is 6.44. The first-order valence-corrected chi connectivity index (χ1v) is 6.25. The van der Waals surface area contributed by atoms with Gasteiger partial charge in [0.15, 0.2) is 0 Å². The molecule has 8 nitrogen and oxygen atoms in total. The Balaban J connectivity index is 2.34. The van der Waals surface area contributed by atoms with E-state index in [2.05, 4.69) is 15.6 Å². The average Bonchev–Trinajstić information content (AvgIpc) is 2.47. The maximum Gasteiger partial charge on any atom is 0.271 e. The Morgan fingerprint density at radius 1 is 1.14 bits per heavy atom. The summed E-state index contributed by atoms with van der Waals surface area (Å²) in [5.41, 5.74) is 0.502. The third kappa shape index (κ3) is 3.63. The molecule has 0 aliphatic carbocycles. The fourth-order valence-electron chi connectivity index (χ4n) is 1.77. The lowest BCUT2D eigenvalue weighted by Crippen LogP contribution is -2.16. The van der Waals surface area contributed by atoms with Crippen LogP contribution in [0.3, 0.4) is 0 Å². The third-order valence-electron chi connectivity index (χ3n) is 2.71. The van der Waals surface area contributed by atoms with Gasteiger partial charge in [0.1, 0.15) is 0 Å². The van der Waals surface area contributed by atoms with Crippen LogP contribution in [0, 0.1) is 10.1 Å². The van der Waals surface area contributed by atoms with Gasteiger partial charge in [-0.15, -0.1) is 0 Å². The first-order valence-electron chi connectivity index (χ1n) is 6.25. The molecule has 0 aliphatic rings. The molecule has 0 saturated heterocycles. The van der Waals surface area contributed by atoms with Gasteiger partial charge in [0.2, 0.25) is 5.91 Å². The van der Waals surface area contributed by atoms with Crippen molar-refractivity contribution in [3.63, 3.8) is 0 Å². The summed E-state index contributed by atoms with van der Waals surface area (Å²) < 4.78 is 0. The SMILES string of the molecule is CC(=O)Nc1cc([N+](=O)[O-])ccc1C(=O)Nc1ccncc1. The van der Waals surface area contributed by atoms with Crippen LogP contribution >= 0.6 is 0 Å². The smallest absolute Gasteiger partial charge is 0.271 e. The molecule has 0 unspecified atom stereocenters. The standard InChI is InChI=1S/C14H12N4O4/c1-9(19)16-13-8-11(18(21)22)2-3-12(13)14(20)17-10-4-6-15-7-5-10/h2-8H,1H3,(H,16,19)(H,15,17,20). The second-order valence-corrected chi connectivity index (χ2v) is 4.36. The zero-order valence-corrected chi connectivity index (χ0v) is 11.6. The van der Waals surface area contributed by atoms with Crippen molar-refractivity contribution in [1.29, 1.82) is 0 Å². The van der Waals surface area contributed by atoms with Gasteiger partial charge in [0.05, 0.1) is 16.2 Å². The number of benzene rings is 1. The van der Waals surface area contributed by atoms with E-state index in [1.165, 1.54) is 31.5 Å². The molecule has 2 amide bonds. The van der Waals surface area contributed by atoms with E-state index in [-0.39, 0.29) is 16.9 Å². The Morgan fingerprint density at radius 3 is 2.41 bits per heavy atom. The van der Waals surface area contributed by atoms with Crippen molar-refractivity contribution >= 4 is 28.9 Å². The Bertz CT molecular complexity index is 731. The largest absolute Gasteiger partial charge is 0.325 e. The molecule has 0 fully saturated rings. The van der Waals surface area contributed by atoms with Crippen LogP contribution in [0.5, 0.6) is 0 Å². The number of nitro benzene ring substituents is 1. The Labute approximate surface area is 125 Å². The van der Waals surface area contributed by atoms with Crippen molar-refractivity contribution in [3.8, 4) is 0 Å². The number of anilines is 2. The predicted octanol–water partition coefficient (Wildman–Crippen LogP) is 2.20. The molecular formula is C14H12N4O4. The number of nitrogens with zero attached hydrogens (tertiary/aromatic N) is 2. The van der Waals surface area contributed by atoms with Crippen LogP contribution in [-0.2, 0) is 4.79 Å². The number of pyridine rings is 1. The minimum absolute atomic E-state index is 0.0771. The number of nitrogens with one attached hydrogen (secondary N) is 2. The van der Waals surface area contributed by atoms with Crippen LogP contribution in [0.2, 0.25) is 0 Å². The van der Waals surface area contributed by atoms with Gasteiger partial charge in [-0.2, -0.15) is 0 Å². The highest BCUT2D eigenvalue weighted by Gasteiger charge is 2.17. The van der Waals surface area contributed by atoms with Gasteiger partial charge in [-0.3, -0.25) is 24.7 Å². The van der Waals surface area contributed by atoms with E-state index in [9.17, 15) is 19.7 Å². The van der Waals surface area contributed by atoms with E-state index in [0.29, 0.717) is 5.69 Å². The topological polar surface area (TPSA) is 114 Å². The highest BCUT2D eigenvalue weighted by atomic mass is 16.6. The highest BCUT2D eigenvalue weighted by molar-refractivity contribution is 6.10. The van der Waals surface area contributed by atoms with Crippen molar-refractivity contribution in [3.05, 3.63) is 58.4 Å². The first-order chi connectivity index (χ1) is 10.5. The van der Waals surface area contributed by atoms with Crippen molar-refractivity contribution in [2.45, 2.75) is 6.92 Å². The summed E-state index contributed by atoms with van der Waals surface area (Å²) in [7, 11) is 0. The summed E-state index contributed by atoms with van der Waals surface area (Å²) in [6.45, 7) is 1.25. The Kier molecular flexibility index (Phi) is 4.42. The number of non-ortho nitro benzene ring substituents is 1. The summed E-state index contributed by atoms with van der Waals surface area (Å²) in [4.78, 5) is 37.5. The predicted molar refractivity (Wildman–Crippen MR) is 79.6 cm³/mol. The fourth-order valence-corrected chi connectivity index (χ4v) is 1.77. The summed E-state index contributed by atoms with van der Waals surface area (Å²) in [5.74, 6) is -0.927. The number of carbonyl (C=O) groups excluding carboxylic acids is 2. The van der Waals surface area contributed by atoms with E-state index < -0.39 is 16.7 Å². The van der Waals surface area contributed by atoms with Crippen molar-refractivity contribution in [2.75, 3.05) is 10.6 Å². The lowest BCUT2D eigenvalue weighted by atomic mass is 10.1. The molecule has 0 bridgehead atoms. The van der Waals surface area contributed by atoms with Gasteiger partial charge in [0.25, 0.3) is 11.6 Å². The molecule has 1 heterocycles. The molecule has 0 aliphatic heterocycles. The number of aromatic nitrogens is 1. The van der Waals surface area contributed by atoms with Gasteiger partial charge in [-0.05, 0) is 18.2 Å². The molecule has 2 rings (SSSR count). The minimum Gasteiger partial charge on any atom is -0.325 e. The monoisotopic (exact) mass is 300 g/mol. The van der Waals surface area contributed by atoms with Gasteiger partial charge < -0.3 is 10.6 Å². The van der Waals surface area contributed by atoms with Crippen LogP contribution in [-0.4, -0.2) is 21.7 Å². The zero-order chi connectivity index (χ0) is 16.1. The van der Waals surface area contributed by atoms with Crippen LogP contribution in [0.25, 0.3) is 0 Å². The van der Waals surface area contributed by atoms with Crippen LogP contribution in [0.15, 0.2) is 42.7 Å². The number of hydrogen-bond acceptors (Lipinski definition) is 5. The molecule has 2 N–H and O–H groups in total. The van der Waals surface area contributed by atoms with E-state index in [4.69, 9.17) is 0 Å². The van der Waals surface area contributed by atoms with Gasteiger partial charge in [-0.25, -0.2) is 0 Å². The molecule has 8 heteroatoms. The summed E-state index contributed by atoms with van der Waals surface area (Å²) >= 11 is 0. The first kappa shape index (κ1) is 15.1. The summed E-state index contributed by atoms with van der Waals surface area (Å²) in [6, 6.07) is 6.83. The zero-order valence-electron chi connectivity index (χ0n) is 11.6. The number of carbonyl (C=O) groups is 2. The number of nitro groups is 1. The van der Waals surface area contributed by atoms with E-state index in [0.717, 1.165) is 6.07 Å². The molecule has 112 valence electrons. The lowest BCUT2D eigenvalue weighted by molar-refractivity contribution is -0.384. The van der Waals surface area contributed by atoms with Crippen LogP contribution < -0.4 is 10.6 Å². The van der Waals surface area contributed by atoms with Crippen LogP contribution in [0.1, 0.15) is 17.3 Å². The van der Waals surface area contributed by atoms with E-state index >= 15 is 0 Å². The normalized spacial score (nSPS) is 9.86. The van der Waals surface area contributed by atoms with E-state index in [1.807, 2.05) is 0 Å². The summed E-state index contributed by atoms with van der Waals surface area (Å²) in [6.07, 6.45) is 3.03. The lowest BCUT2D eigenvalue weighted by Gasteiger charge is -2.10. The molecular weight excluding hydrogens is 288 g/mol. The molecule has 0 spiro atoms. The molecule has 1 aromatic carbocycles. The van der Waals surface area contributed by atoms with Crippen molar-refractivity contribution in [2.24, 2.45) is 0 Å². The highest BCUT2D eigenvalue weighted by Crippen LogP contribution is 2.23. The minimum atomic E-state index is -0.601. The van der Waals surface area contributed by atoms with Crippen molar-refractivity contribution < 1.29 is 14.5 Å². The van der Waals surface area contributed by atoms with Crippen LogP contribution in [0.4, 0.5) is 17.1 Å². The van der Waals surface area contributed by atoms with Gasteiger partial charge >= 0.3 is 0 Å². The van der Waals surface area contributed by atoms with Gasteiger partial charge in [-0.1, -0.05) is 0 Å². The Morgan fingerprint density at radius 2 is 1.82 bits per heavy atom. The molecule has 1 aromatic heterocycles.